The fourth-order valence-corrected chi connectivity index (χ4v) is 6.57. The highest BCUT2D eigenvalue weighted by Crippen LogP contribution is 2.35. The molecule has 0 aliphatic heterocycles. The average molecular weight is 526 g/mol. The molecule has 0 fully saturated rings. The maximum absolute atomic E-state index is 13.8. The van der Waals surface area contributed by atoms with E-state index in [1.165, 1.54) is 16.6 Å². The molecule has 0 saturated carbocycles. The molecule has 9 heteroatoms. The van der Waals surface area contributed by atoms with Gasteiger partial charge in [-0.25, -0.2) is 4.98 Å². The molecule has 0 saturated heterocycles. The Labute approximate surface area is 216 Å². The van der Waals surface area contributed by atoms with Crippen LogP contribution in [0.1, 0.15) is 30.2 Å². The van der Waals surface area contributed by atoms with Gasteiger partial charge < -0.3 is 10.1 Å². The number of anilines is 1. The van der Waals surface area contributed by atoms with Crippen LogP contribution in [-0.4, -0.2) is 27.8 Å². The van der Waals surface area contributed by atoms with Gasteiger partial charge >= 0.3 is 0 Å². The molecular weight excluding hydrogens is 502 g/mol. The molecule has 1 N–H and O–H groups in total. The fraction of sp³-hybridized carbons (Fsp3) is 0.269. The minimum atomic E-state index is -0.199. The van der Waals surface area contributed by atoms with Gasteiger partial charge in [0.15, 0.2) is 5.16 Å². The lowest BCUT2D eigenvalue weighted by molar-refractivity contribution is -0.113. The summed E-state index contributed by atoms with van der Waals surface area (Å²) in [4.78, 5) is 33.4. The molecule has 1 amide bonds. The molecule has 6 nitrogen and oxygen atoms in total. The number of carbonyl (C=O) groups is 1. The fourth-order valence-electron chi connectivity index (χ4n) is 4.26. The van der Waals surface area contributed by atoms with Crippen LogP contribution < -0.4 is 15.6 Å². The Balaban J connectivity index is 1.51. The van der Waals surface area contributed by atoms with Crippen LogP contribution in [0.4, 0.5) is 5.69 Å². The van der Waals surface area contributed by atoms with Crippen molar-refractivity contribution in [2.75, 3.05) is 17.7 Å². The normalized spacial score (nSPS) is 13.0. The van der Waals surface area contributed by atoms with Crippen LogP contribution in [0, 0.1) is 0 Å². The topological polar surface area (TPSA) is 73.2 Å². The van der Waals surface area contributed by atoms with E-state index in [9.17, 15) is 9.59 Å². The van der Waals surface area contributed by atoms with Crippen LogP contribution in [0.2, 0.25) is 5.02 Å². The van der Waals surface area contributed by atoms with Crippen molar-refractivity contribution < 1.29 is 9.53 Å². The first-order valence-corrected chi connectivity index (χ1v) is 13.7. The van der Waals surface area contributed by atoms with Gasteiger partial charge in [0.25, 0.3) is 5.56 Å². The lowest BCUT2D eigenvalue weighted by atomic mass is 9.97. The predicted octanol–water partition coefficient (Wildman–Crippen LogP) is 6.11. The molecule has 0 unspecified atom stereocenters. The Hall–Kier alpha value is -2.81. The second-order valence-electron chi connectivity index (χ2n) is 8.20. The maximum atomic E-state index is 13.8. The Morgan fingerprint density at radius 3 is 2.77 bits per heavy atom. The highest BCUT2D eigenvalue weighted by atomic mass is 35.5. The molecule has 4 aromatic rings. The van der Waals surface area contributed by atoms with Crippen molar-refractivity contribution in [2.24, 2.45) is 0 Å². The highest BCUT2D eigenvalue weighted by Gasteiger charge is 2.23. The van der Waals surface area contributed by atoms with E-state index in [1.807, 2.05) is 31.2 Å². The summed E-state index contributed by atoms with van der Waals surface area (Å²) in [5, 5.41) is 4.61. The molecule has 0 bridgehead atoms. The van der Waals surface area contributed by atoms with E-state index in [0.717, 1.165) is 41.8 Å². The number of aromatic nitrogens is 2. The second kappa shape index (κ2) is 10.4. The lowest BCUT2D eigenvalue weighted by Gasteiger charge is -2.14. The van der Waals surface area contributed by atoms with Gasteiger partial charge in [0, 0.05) is 15.6 Å². The molecule has 0 atom stereocenters. The van der Waals surface area contributed by atoms with Gasteiger partial charge in [-0.15, -0.1) is 11.3 Å². The zero-order valence-corrected chi connectivity index (χ0v) is 21.6. The van der Waals surface area contributed by atoms with E-state index in [-0.39, 0.29) is 17.2 Å². The molecule has 2 heterocycles. The van der Waals surface area contributed by atoms with Gasteiger partial charge in [0.05, 0.1) is 23.4 Å². The number of thiophene rings is 1. The molecule has 2 aromatic heterocycles. The molecule has 35 heavy (non-hydrogen) atoms. The summed E-state index contributed by atoms with van der Waals surface area (Å²) in [7, 11) is 0. The first kappa shape index (κ1) is 23.9. The van der Waals surface area contributed by atoms with Crippen LogP contribution in [0.5, 0.6) is 5.75 Å². The average Bonchev–Trinajstić information content (AvgIpc) is 3.22. The number of carbonyl (C=O) groups excluding carboxylic acids is 1. The van der Waals surface area contributed by atoms with Gasteiger partial charge in [0.1, 0.15) is 10.6 Å². The van der Waals surface area contributed by atoms with Crippen LogP contribution in [0.25, 0.3) is 15.9 Å². The summed E-state index contributed by atoms with van der Waals surface area (Å²) in [6.45, 7) is 2.50. The number of amides is 1. The number of hydrogen-bond donors (Lipinski definition) is 1. The van der Waals surface area contributed by atoms with Crippen molar-refractivity contribution in [2.45, 2.75) is 37.8 Å². The number of nitrogens with zero attached hydrogens (tertiary/aromatic N) is 2. The second-order valence-corrected chi connectivity index (χ2v) is 10.7. The van der Waals surface area contributed by atoms with Gasteiger partial charge in [-0.05, 0) is 80.6 Å². The minimum absolute atomic E-state index is 0.0868. The molecule has 5 rings (SSSR count). The monoisotopic (exact) mass is 525 g/mol. The van der Waals surface area contributed by atoms with E-state index >= 15 is 0 Å². The van der Waals surface area contributed by atoms with E-state index in [2.05, 4.69) is 5.32 Å². The van der Waals surface area contributed by atoms with Gasteiger partial charge in [-0.2, -0.15) is 0 Å². The number of rotatable bonds is 7. The van der Waals surface area contributed by atoms with Gasteiger partial charge in [-0.3, -0.25) is 14.2 Å². The molecule has 0 radical (unpaired) electrons. The van der Waals surface area contributed by atoms with Crippen molar-refractivity contribution >= 4 is 56.5 Å². The van der Waals surface area contributed by atoms with Crippen molar-refractivity contribution in [1.82, 2.24) is 9.55 Å². The van der Waals surface area contributed by atoms with E-state index < -0.39 is 0 Å². The zero-order valence-electron chi connectivity index (χ0n) is 19.2. The lowest BCUT2D eigenvalue weighted by Crippen LogP contribution is -2.23. The van der Waals surface area contributed by atoms with Crippen LogP contribution >= 0.6 is 34.7 Å². The number of nitrogens with one attached hydrogen (secondary N) is 1. The first-order valence-electron chi connectivity index (χ1n) is 11.5. The van der Waals surface area contributed by atoms with E-state index in [1.54, 1.807) is 40.2 Å². The van der Waals surface area contributed by atoms with Crippen molar-refractivity contribution in [3.63, 3.8) is 0 Å². The summed E-state index contributed by atoms with van der Waals surface area (Å²) >= 11 is 8.88. The third kappa shape index (κ3) is 5.10. The number of ether oxygens (including phenoxy) is 1. The van der Waals surface area contributed by atoms with Crippen molar-refractivity contribution in [1.29, 1.82) is 0 Å². The number of thioether (sulfide) groups is 1. The van der Waals surface area contributed by atoms with Crippen LogP contribution in [0.3, 0.4) is 0 Å². The Morgan fingerprint density at radius 2 is 2.00 bits per heavy atom. The summed E-state index contributed by atoms with van der Waals surface area (Å²) < 4.78 is 7.19. The van der Waals surface area contributed by atoms with E-state index in [4.69, 9.17) is 21.3 Å². The smallest absolute Gasteiger partial charge is 0.267 e. The highest BCUT2D eigenvalue weighted by molar-refractivity contribution is 7.99. The quantitative estimate of drug-likeness (QED) is 0.233. The number of fused-ring (bicyclic) bond motifs is 3. The summed E-state index contributed by atoms with van der Waals surface area (Å²) in [5.41, 5.74) is 2.38. The predicted molar refractivity (Wildman–Crippen MR) is 144 cm³/mol. The molecular formula is C26H24ClN3O3S2. The van der Waals surface area contributed by atoms with Crippen LogP contribution in [0.15, 0.2) is 58.5 Å². The van der Waals surface area contributed by atoms with E-state index in [0.29, 0.717) is 33.5 Å². The minimum Gasteiger partial charge on any atom is -0.494 e. The molecule has 2 aromatic carbocycles. The molecule has 1 aliphatic rings. The number of hydrogen-bond acceptors (Lipinski definition) is 6. The third-order valence-corrected chi connectivity index (χ3v) is 8.16. The standard InChI is InChI=1S/C26H24ClN3O3S2/c1-2-33-19-12-10-18(11-13-19)30-25(32)23-20-8-3-4-9-21(20)35-24(23)29-26(30)34-15-22(31)28-17-7-5-6-16(27)14-17/h5-7,10-14H,2-4,8-9,15H2,1H3,(H,28,31). The van der Waals surface area contributed by atoms with Crippen molar-refractivity contribution in [3.8, 4) is 11.4 Å². The van der Waals surface area contributed by atoms with Crippen molar-refractivity contribution in [3.05, 3.63) is 74.3 Å². The number of benzene rings is 2. The Morgan fingerprint density at radius 1 is 1.20 bits per heavy atom. The molecule has 1 aliphatic carbocycles. The Bertz CT molecular complexity index is 1450. The summed E-state index contributed by atoms with van der Waals surface area (Å²) in [6.07, 6.45) is 4.12. The molecule has 180 valence electrons. The maximum Gasteiger partial charge on any atom is 0.267 e. The summed E-state index contributed by atoms with van der Waals surface area (Å²) in [5.74, 6) is 0.642. The third-order valence-electron chi connectivity index (χ3n) is 5.80. The first-order chi connectivity index (χ1) is 17.0. The van der Waals surface area contributed by atoms with Crippen LogP contribution in [-0.2, 0) is 17.6 Å². The Kier molecular flexibility index (Phi) is 7.13. The largest absolute Gasteiger partial charge is 0.494 e. The number of aryl methyl sites for hydroxylation is 2. The number of halogens is 1. The van der Waals surface area contributed by atoms with Gasteiger partial charge in [-0.1, -0.05) is 29.4 Å². The molecule has 0 spiro atoms. The summed E-state index contributed by atoms with van der Waals surface area (Å²) in [6, 6.07) is 14.4. The van der Waals surface area contributed by atoms with Gasteiger partial charge in [0.2, 0.25) is 5.91 Å². The zero-order chi connectivity index (χ0) is 24.4. The SMILES string of the molecule is CCOc1ccc(-n2c(SCC(=O)Nc3cccc(Cl)c3)nc3sc4c(c3c2=O)CCCC4)cc1.